The summed E-state index contributed by atoms with van der Waals surface area (Å²) in [5.74, 6) is 0.792. The molecule has 0 saturated carbocycles. The lowest BCUT2D eigenvalue weighted by Crippen LogP contribution is -2.15. The maximum atomic E-state index is 5.70. The van der Waals surface area contributed by atoms with Crippen LogP contribution in [0.15, 0.2) is 158 Å². The Labute approximate surface area is 313 Å². The molecule has 1 aliphatic carbocycles. The fraction of sp³-hybridized carbons (Fsp3) is 0.0400. The summed E-state index contributed by atoms with van der Waals surface area (Å²) in [6.07, 6.45) is 0.862. The molecule has 0 fully saturated rings. The van der Waals surface area contributed by atoms with Crippen LogP contribution < -0.4 is 0 Å². The van der Waals surface area contributed by atoms with Crippen LogP contribution in [-0.4, -0.2) is 14.4 Å². The van der Waals surface area contributed by atoms with Gasteiger partial charge in [-0.05, 0) is 80.6 Å². The van der Waals surface area contributed by atoms with Gasteiger partial charge in [-0.15, -0.1) is 11.3 Å². The highest BCUT2D eigenvalue weighted by atomic mass is 32.1. The summed E-state index contributed by atoms with van der Waals surface area (Å²) in [5.41, 5.74) is 11.3. The van der Waals surface area contributed by atoms with E-state index >= 15 is 0 Å². The lowest BCUT2D eigenvalue weighted by molar-refractivity contribution is 0.779. The maximum Gasteiger partial charge on any atom is 0.161 e. The Morgan fingerprint density at radius 3 is 2.19 bits per heavy atom. The van der Waals surface area contributed by atoms with Gasteiger partial charge >= 0.3 is 0 Å². The second kappa shape index (κ2) is 10.5. The van der Waals surface area contributed by atoms with Crippen molar-refractivity contribution < 1.29 is 0 Å². The first-order chi connectivity index (χ1) is 26.8. The lowest BCUT2D eigenvalue weighted by Gasteiger charge is -2.29. The van der Waals surface area contributed by atoms with E-state index in [4.69, 9.17) is 9.97 Å². The van der Waals surface area contributed by atoms with E-state index < -0.39 is 0 Å². The molecule has 3 nitrogen and oxygen atoms in total. The van der Waals surface area contributed by atoms with Gasteiger partial charge in [0.25, 0.3) is 0 Å². The Hall–Kier alpha value is -6.62. The molecule has 0 aliphatic heterocycles. The average Bonchev–Trinajstić information content (AvgIpc) is 3.89. The van der Waals surface area contributed by atoms with Crippen LogP contribution in [0.5, 0.6) is 0 Å². The molecule has 0 spiro atoms. The minimum atomic E-state index is 0.00590. The molecule has 13 rings (SSSR count). The highest BCUT2D eigenvalue weighted by Crippen LogP contribution is 2.53. The van der Waals surface area contributed by atoms with Crippen molar-refractivity contribution in [2.24, 2.45) is 0 Å². The summed E-state index contributed by atoms with van der Waals surface area (Å²) in [7, 11) is 0. The smallest absolute Gasteiger partial charge is 0.161 e. The molecular formula is C50H29N3S. The summed E-state index contributed by atoms with van der Waals surface area (Å²) in [4.78, 5) is 12.1. The number of aromatic nitrogens is 3. The van der Waals surface area contributed by atoms with E-state index in [2.05, 4.69) is 162 Å². The Morgan fingerprint density at radius 2 is 1.26 bits per heavy atom. The van der Waals surface area contributed by atoms with E-state index in [1.54, 1.807) is 11.3 Å². The largest absolute Gasteiger partial charge is 0.308 e. The summed E-state index contributed by atoms with van der Waals surface area (Å²) >= 11 is 1.78. The highest BCUT2D eigenvalue weighted by Gasteiger charge is 2.35. The molecule has 250 valence electrons. The van der Waals surface area contributed by atoms with Gasteiger partial charge in [0, 0.05) is 48.5 Å². The molecule has 0 unspecified atom stereocenters. The second-order valence-corrected chi connectivity index (χ2v) is 15.9. The molecule has 0 amide bonds. The lowest BCUT2D eigenvalue weighted by atomic mass is 9.74. The first kappa shape index (κ1) is 28.9. The van der Waals surface area contributed by atoms with E-state index in [0.29, 0.717) is 0 Å². The van der Waals surface area contributed by atoms with Crippen LogP contribution in [-0.2, 0) is 6.42 Å². The van der Waals surface area contributed by atoms with E-state index in [-0.39, 0.29) is 5.92 Å². The average molecular weight is 704 g/mol. The molecule has 1 aliphatic rings. The van der Waals surface area contributed by atoms with Crippen molar-refractivity contribution in [1.82, 2.24) is 14.4 Å². The number of nitrogens with zero attached hydrogens (tertiary/aromatic N) is 3. The zero-order valence-electron chi connectivity index (χ0n) is 29.0. The third-order valence-corrected chi connectivity index (χ3v) is 13.1. The zero-order chi connectivity index (χ0) is 35.1. The summed E-state index contributed by atoms with van der Waals surface area (Å²) in [5, 5.41) is 12.7. The molecule has 4 aromatic heterocycles. The number of fused-ring (bicyclic) bond motifs is 16. The van der Waals surface area contributed by atoms with E-state index in [9.17, 15) is 0 Å². The first-order valence-corrected chi connectivity index (χ1v) is 19.5. The Kier molecular flexibility index (Phi) is 5.62. The molecule has 12 aromatic rings. The monoisotopic (exact) mass is 703 g/mol. The Balaban J connectivity index is 1.21. The van der Waals surface area contributed by atoms with Gasteiger partial charge in [0.1, 0.15) is 4.83 Å². The SMILES string of the molecule is c1ccc2c(c1)C[C@@H](c1nc(-c3ccc4ccccc4c3)nc3sc4ccccc4c13)c1c-2cc2c3c4ccccc4ccc3n3c4ccccc4c1c23. The van der Waals surface area contributed by atoms with Gasteiger partial charge in [0.05, 0.1) is 22.2 Å². The zero-order valence-corrected chi connectivity index (χ0v) is 29.9. The molecular weight excluding hydrogens is 675 g/mol. The molecule has 0 N–H and O–H groups in total. The van der Waals surface area contributed by atoms with Crippen LogP contribution in [0.3, 0.4) is 0 Å². The van der Waals surface area contributed by atoms with E-state index in [0.717, 1.165) is 28.3 Å². The highest BCUT2D eigenvalue weighted by molar-refractivity contribution is 7.25. The quantitative estimate of drug-likeness (QED) is 0.179. The number of thiophene rings is 1. The summed E-state index contributed by atoms with van der Waals surface area (Å²) in [6.45, 7) is 0. The first-order valence-electron chi connectivity index (χ1n) is 18.7. The van der Waals surface area contributed by atoms with Crippen LogP contribution in [0.1, 0.15) is 22.7 Å². The van der Waals surface area contributed by atoms with Crippen molar-refractivity contribution in [2.45, 2.75) is 12.3 Å². The standard InChI is InChI=1S/C50H29N3S/c1-2-13-30-25-32(22-21-28(30)11-1)49-51-47(46-36-18-8-10-20-42(36)54-50(46)52-49)38-26-31-14-4-5-15-33(31)37-27-39-43-34-16-6-3-12-29(34)23-24-41(43)53-40-19-9-7-17-35(40)45(44(37)38)48(39)53/h1-25,27,38H,26H2/t38-/m1/s1. The summed E-state index contributed by atoms with van der Waals surface area (Å²) < 4.78 is 3.78. The second-order valence-electron chi connectivity index (χ2n) is 14.8. The molecule has 54 heavy (non-hydrogen) atoms. The molecule has 8 aromatic carbocycles. The third kappa shape index (κ3) is 3.75. The molecule has 4 heteroatoms. The van der Waals surface area contributed by atoms with Gasteiger partial charge < -0.3 is 4.40 Å². The molecule has 0 saturated heterocycles. The predicted molar refractivity (Wildman–Crippen MR) is 227 cm³/mol. The summed E-state index contributed by atoms with van der Waals surface area (Å²) in [6, 6.07) is 58.0. The predicted octanol–water partition coefficient (Wildman–Crippen LogP) is 13.3. The van der Waals surface area contributed by atoms with Gasteiger partial charge in [-0.25, -0.2) is 9.97 Å². The van der Waals surface area contributed by atoms with Crippen LogP contribution in [0.25, 0.3) is 102 Å². The molecule has 0 radical (unpaired) electrons. The molecule has 0 bridgehead atoms. The van der Waals surface area contributed by atoms with Gasteiger partial charge in [0.2, 0.25) is 0 Å². The minimum absolute atomic E-state index is 0.00590. The normalized spacial score (nSPS) is 14.4. The minimum Gasteiger partial charge on any atom is -0.308 e. The molecule has 4 heterocycles. The van der Waals surface area contributed by atoms with Crippen molar-refractivity contribution in [3.8, 4) is 22.5 Å². The number of hydrogen-bond donors (Lipinski definition) is 0. The van der Waals surface area contributed by atoms with Gasteiger partial charge in [-0.1, -0.05) is 127 Å². The van der Waals surface area contributed by atoms with Crippen molar-refractivity contribution in [2.75, 3.05) is 0 Å². The van der Waals surface area contributed by atoms with Crippen LogP contribution >= 0.6 is 11.3 Å². The number of para-hydroxylation sites is 1. The van der Waals surface area contributed by atoms with Crippen molar-refractivity contribution in [3.63, 3.8) is 0 Å². The van der Waals surface area contributed by atoms with E-state index in [1.807, 2.05) is 0 Å². The Bertz CT molecular complexity index is 3550. The van der Waals surface area contributed by atoms with Gasteiger partial charge in [-0.3, -0.25) is 0 Å². The van der Waals surface area contributed by atoms with E-state index in [1.165, 1.54) is 97.4 Å². The fourth-order valence-electron chi connectivity index (χ4n) is 9.82. The van der Waals surface area contributed by atoms with Crippen LogP contribution in [0.2, 0.25) is 0 Å². The fourth-order valence-corrected chi connectivity index (χ4v) is 10.9. The topological polar surface area (TPSA) is 30.2 Å². The van der Waals surface area contributed by atoms with Crippen LogP contribution in [0, 0.1) is 0 Å². The van der Waals surface area contributed by atoms with Gasteiger partial charge in [0.15, 0.2) is 5.82 Å². The van der Waals surface area contributed by atoms with Crippen molar-refractivity contribution in [3.05, 3.63) is 175 Å². The van der Waals surface area contributed by atoms with Crippen molar-refractivity contribution in [1.29, 1.82) is 0 Å². The number of benzene rings is 8. The van der Waals surface area contributed by atoms with Crippen molar-refractivity contribution >= 4 is 91.3 Å². The maximum absolute atomic E-state index is 5.70. The van der Waals surface area contributed by atoms with Gasteiger partial charge in [-0.2, -0.15) is 0 Å². The third-order valence-electron chi connectivity index (χ3n) is 12.1. The number of rotatable bonds is 2. The Morgan fingerprint density at radius 1 is 0.519 bits per heavy atom. The molecule has 1 atom stereocenters. The number of hydrogen-bond acceptors (Lipinski definition) is 3. The van der Waals surface area contributed by atoms with Crippen LogP contribution in [0.4, 0.5) is 0 Å².